The van der Waals surface area contributed by atoms with Crippen molar-refractivity contribution < 1.29 is 0 Å². The summed E-state index contributed by atoms with van der Waals surface area (Å²) in [4.78, 5) is 24.3. The molecule has 0 saturated carbocycles. The third kappa shape index (κ3) is 2.45. The summed E-state index contributed by atoms with van der Waals surface area (Å²) < 4.78 is 0.760. The summed E-state index contributed by atoms with van der Waals surface area (Å²) in [6, 6.07) is 0. The zero-order chi connectivity index (χ0) is 17.0. The number of fused-ring (bicyclic) bond motifs is 5. The van der Waals surface area contributed by atoms with Gasteiger partial charge in [-0.05, 0) is 57.8 Å². The van der Waals surface area contributed by atoms with E-state index in [0.29, 0.717) is 5.92 Å². The summed E-state index contributed by atoms with van der Waals surface area (Å²) in [6.07, 6.45) is 7.07. The average Bonchev–Trinajstić information content (AvgIpc) is 3.17. The molecule has 1 aliphatic carbocycles. The molecule has 1 aliphatic heterocycles. The fraction of sp³-hybridized carbons (Fsp3) is 0.500. The molecule has 0 radical (unpaired) electrons. The summed E-state index contributed by atoms with van der Waals surface area (Å²) in [7, 11) is 2.15. The van der Waals surface area contributed by atoms with Gasteiger partial charge in [0.05, 0.1) is 11.2 Å². The number of aromatic nitrogens is 4. The Morgan fingerprint density at radius 2 is 2.12 bits per heavy atom. The Bertz CT molecular complexity index is 993. The first-order chi connectivity index (χ1) is 12.2. The van der Waals surface area contributed by atoms with Gasteiger partial charge in [-0.15, -0.1) is 11.3 Å². The molecule has 6 nitrogen and oxygen atoms in total. The van der Waals surface area contributed by atoms with E-state index in [-0.39, 0.29) is 5.56 Å². The second-order valence-electron chi connectivity index (χ2n) is 7.22. The number of likely N-dealkylation sites (tertiary alicyclic amines) is 1. The standard InChI is InChI=1S/C18H21N5OS/c1-23-7-5-10(6-8-23)17-20-14-11-3-2-4-13-12(9-19-22-13)15(11)25-16(14)18(24)21-17/h9-10H,2-8H2,1H3,(H,19,22)(H,20,21,24). The van der Waals surface area contributed by atoms with E-state index in [2.05, 4.69) is 27.1 Å². The maximum Gasteiger partial charge on any atom is 0.268 e. The lowest BCUT2D eigenvalue weighted by Gasteiger charge is -2.28. The van der Waals surface area contributed by atoms with Crippen LogP contribution in [0.25, 0.3) is 20.7 Å². The summed E-state index contributed by atoms with van der Waals surface area (Å²) >= 11 is 1.57. The second kappa shape index (κ2) is 5.78. The minimum atomic E-state index is 0.0158. The van der Waals surface area contributed by atoms with Crippen molar-refractivity contribution in [2.75, 3.05) is 20.1 Å². The van der Waals surface area contributed by atoms with Gasteiger partial charge in [-0.1, -0.05) is 0 Å². The van der Waals surface area contributed by atoms with E-state index >= 15 is 0 Å². The molecule has 0 bridgehead atoms. The van der Waals surface area contributed by atoms with Crippen LogP contribution >= 0.6 is 11.3 Å². The Balaban J connectivity index is 1.66. The van der Waals surface area contributed by atoms with Gasteiger partial charge in [-0.3, -0.25) is 9.89 Å². The molecule has 0 atom stereocenters. The van der Waals surface area contributed by atoms with Gasteiger partial charge >= 0.3 is 0 Å². The zero-order valence-corrected chi connectivity index (χ0v) is 15.1. The van der Waals surface area contributed by atoms with Gasteiger partial charge < -0.3 is 9.88 Å². The van der Waals surface area contributed by atoms with E-state index in [4.69, 9.17) is 4.98 Å². The highest BCUT2D eigenvalue weighted by atomic mass is 32.1. The summed E-state index contributed by atoms with van der Waals surface area (Å²) in [5.74, 6) is 1.24. The number of hydrogen-bond donors (Lipinski definition) is 2. The maximum absolute atomic E-state index is 12.7. The van der Waals surface area contributed by atoms with Gasteiger partial charge in [0, 0.05) is 22.6 Å². The predicted octanol–water partition coefficient (Wildman–Crippen LogP) is 2.67. The smallest absolute Gasteiger partial charge is 0.268 e. The molecule has 3 aromatic heterocycles. The van der Waals surface area contributed by atoms with E-state index in [1.165, 1.54) is 10.4 Å². The Morgan fingerprint density at radius 1 is 1.28 bits per heavy atom. The molecule has 1 saturated heterocycles. The van der Waals surface area contributed by atoms with Crippen molar-refractivity contribution in [3.05, 3.63) is 33.6 Å². The first-order valence-corrected chi connectivity index (χ1v) is 9.79. The van der Waals surface area contributed by atoms with Crippen molar-refractivity contribution in [3.63, 3.8) is 0 Å². The number of aromatic amines is 2. The molecule has 7 heteroatoms. The number of nitrogens with zero attached hydrogens (tertiary/aromatic N) is 3. The lowest BCUT2D eigenvalue weighted by molar-refractivity contribution is 0.251. The number of piperidine rings is 1. The monoisotopic (exact) mass is 355 g/mol. The Hall–Kier alpha value is -1.99. The lowest BCUT2D eigenvalue weighted by Crippen LogP contribution is -2.30. The molecule has 1 fully saturated rings. The highest BCUT2D eigenvalue weighted by molar-refractivity contribution is 7.22. The van der Waals surface area contributed by atoms with Gasteiger partial charge in [-0.2, -0.15) is 5.10 Å². The van der Waals surface area contributed by atoms with Crippen LogP contribution in [0.15, 0.2) is 11.0 Å². The molecule has 4 heterocycles. The number of H-pyrrole nitrogens is 2. The van der Waals surface area contributed by atoms with Crippen LogP contribution in [0.1, 0.15) is 42.3 Å². The summed E-state index contributed by atoms with van der Waals surface area (Å²) in [5, 5.41) is 7.36. The van der Waals surface area contributed by atoms with E-state index in [9.17, 15) is 4.79 Å². The molecular weight excluding hydrogens is 334 g/mol. The molecule has 130 valence electrons. The molecular formula is C18H21N5OS. The Morgan fingerprint density at radius 3 is 2.96 bits per heavy atom. The highest BCUT2D eigenvalue weighted by Crippen LogP contribution is 2.41. The number of rotatable bonds is 1. The van der Waals surface area contributed by atoms with E-state index in [1.807, 2.05) is 6.20 Å². The molecule has 2 N–H and O–H groups in total. The normalized spacial score (nSPS) is 18.9. The minimum absolute atomic E-state index is 0.0158. The number of nitrogens with one attached hydrogen (secondary N) is 2. The highest BCUT2D eigenvalue weighted by Gasteiger charge is 2.26. The van der Waals surface area contributed by atoms with Crippen molar-refractivity contribution >= 4 is 21.6 Å². The first-order valence-electron chi connectivity index (χ1n) is 8.98. The third-order valence-corrected chi connectivity index (χ3v) is 6.82. The van der Waals surface area contributed by atoms with Crippen LogP contribution in [-0.4, -0.2) is 45.2 Å². The van der Waals surface area contributed by atoms with Gasteiger partial charge in [0.1, 0.15) is 10.5 Å². The van der Waals surface area contributed by atoms with E-state index in [0.717, 1.165) is 72.5 Å². The van der Waals surface area contributed by atoms with Crippen LogP contribution in [-0.2, 0) is 12.8 Å². The second-order valence-corrected chi connectivity index (χ2v) is 8.24. The van der Waals surface area contributed by atoms with Gasteiger partial charge in [0.15, 0.2) is 0 Å². The zero-order valence-electron chi connectivity index (χ0n) is 14.3. The predicted molar refractivity (Wildman–Crippen MR) is 99.3 cm³/mol. The number of aryl methyl sites for hydroxylation is 2. The van der Waals surface area contributed by atoms with Crippen molar-refractivity contribution in [3.8, 4) is 10.4 Å². The van der Waals surface area contributed by atoms with Crippen molar-refractivity contribution in [2.24, 2.45) is 0 Å². The fourth-order valence-electron chi connectivity index (χ4n) is 4.11. The minimum Gasteiger partial charge on any atom is -0.309 e. The van der Waals surface area contributed by atoms with Crippen LogP contribution in [0.2, 0.25) is 0 Å². The van der Waals surface area contributed by atoms with Crippen LogP contribution in [0.3, 0.4) is 0 Å². The van der Waals surface area contributed by atoms with Crippen molar-refractivity contribution in [2.45, 2.75) is 38.0 Å². The van der Waals surface area contributed by atoms with Gasteiger partial charge in [-0.25, -0.2) is 4.98 Å². The molecule has 0 amide bonds. The summed E-state index contributed by atoms with van der Waals surface area (Å²) in [6.45, 7) is 2.12. The average molecular weight is 355 g/mol. The third-order valence-electron chi connectivity index (χ3n) is 5.57. The molecule has 0 unspecified atom stereocenters. The fourth-order valence-corrected chi connectivity index (χ4v) is 5.34. The van der Waals surface area contributed by atoms with Crippen LogP contribution < -0.4 is 5.56 Å². The first kappa shape index (κ1) is 15.3. The van der Waals surface area contributed by atoms with Gasteiger partial charge in [0.2, 0.25) is 0 Å². The van der Waals surface area contributed by atoms with E-state index < -0.39 is 0 Å². The maximum atomic E-state index is 12.7. The molecule has 0 aromatic carbocycles. The molecule has 3 aromatic rings. The molecule has 5 rings (SSSR count). The number of hydrogen-bond acceptors (Lipinski definition) is 5. The van der Waals surface area contributed by atoms with Gasteiger partial charge in [0.25, 0.3) is 5.56 Å². The largest absolute Gasteiger partial charge is 0.309 e. The molecule has 0 spiro atoms. The quantitative estimate of drug-likeness (QED) is 0.703. The SMILES string of the molecule is CN1CCC(c2nc3c4c(sc3c(=O)[nH]2)-c2c[nH]nc2CCC4)CC1. The topological polar surface area (TPSA) is 77.7 Å². The van der Waals surface area contributed by atoms with Crippen LogP contribution in [0.5, 0.6) is 0 Å². The van der Waals surface area contributed by atoms with Crippen molar-refractivity contribution in [1.29, 1.82) is 0 Å². The Kier molecular flexibility index (Phi) is 3.53. The van der Waals surface area contributed by atoms with Crippen LogP contribution in [0, 0.1) is 0 Å². The van der Waals surface area contributed by atoms with E-state index in [1.54, 1.807) is 11.3 Å². The Labute approximate surface area is 149 Å². The van der Waals surface area contributed by atoms with Crippen LogP contribution in [0.4, 0.5) is 0 Å². The molecule has 25 heavy (non-hydrogen) atoms. The number of thiophene rings is 1. The summed E-state index contributed by atoms with van der Waals surface area (Å²) in [5.41, 5.74) is 4.43. The van der Waals surface area contributed by atoms with Crippen molar-refractivity contribution in [1.82, 2.24) is 25.1 Å². The lowest BCUT2D eigenvalue weighted by atomic mass is 9.96. The molecule has 2 aliphatic rings.